The van der Waals surface area contributed by atoms with Crippen LogP contribution in [-0.2, 0) is 6.54 Å². The quantitative estimate of drug-likeness (QED) is 0.241. The molecule has 110 valence electrons. The molecule has 0 fully saturated rings. The third-order valence-corrected chi connectivity index (χ3v) is 9.00. The summed E-state index contributed by atoms with van der Waals surface area (Å²) in [6.07, 6.45) is 0. The van der Waals surface area contributed by atoms with Crippen molar-refractivity contribution in [3.63, 3.8) is 0 Å². The van der Waals surface area contributed by atoms with Crippen molar-refractivity contribution in [2.75, 3.05) is 0 Å². The van der Waals surface area contributed by atoms with Gasteiger partial charge in [-0.25, -0.2) is 0 Å². The van der Waals surface area contributed by atoms with Crippen LogP contribution in [0.1, 0.15) is 47.1 Å². The Hall–Kier alpha value is -1.32. The second-order valence-corrected chi connectivity index (χ2v) is 12.1. The molecule has 0 bridgehead atoms. The number of halogens is 1. The van der Waals surface area contributed by atoms with E-state index in [9.17, 15) is 0 Å². The van der Waals surface area contributed by atoms with Gasteiger partial charge in [-0.3, -0.25) is 0 Å². The molecule has 0 aromatic heterocycles. The summed E-state index contributed by atoms with van der Waals surface area (Å²) in [5.74, 6) is 0. The molecule has 0 aliphatic heterocycles. The monoisotopic (exact) mass is 293 g/mol. The van der Waals surface area contributed by atoms with E-state index in [1.54, 1.807) is 0 Å². The molecule has 0 aliphatic rings. The van der Waals surface area contributed by atoms with E-state index in [1.165, 1.54) is 0 Å². The van der Waals surface area contributed by atoms with Crippen molar-refractivity contribution in [1.82, 2.24) is 0 Å². The van der Waals surface area contributed by atoms with Crippen LogP contribution >= 0.6 is 0 Å². The zero-order valence-corrected chi connectivity index (χ0v) is 14.2. The van der Waals surface area contributed by atoms with E-state index in [0.717, 1.165) is 10.8 Å². The second-order valence-electron chi connectivity index (χ2n) is 7.24. The van der Waals surface area contributed by atoms with Gasteiger partial charge in [0.05, 0.1) is 6.54 Å². The predicted molar refractivity (Wildman–Crippen MR) is 85.2 cm³/mol. The third kappa shape index (κ3) is 3.05. The largest absolute Gasteiger partial charge is 0.307 e. The topological polar surface area (TPSA) is 48.8 Å². The molecule has 5 heteroatoms. The van der Waals surface area contributed by atoms with E-state index in [1.807, 2.05) is 65.8 Å². The minimum atomic E-state index is -3.19. The van der Waals surface area contributed by atoms with E-state index >= 15 is 4.11 Å². The fourth-order valence-corrected chi connectivity index (χ4v) is 7.55. The Bertz CT molecular complexity index is 491. The molecule has 0 saturated carbocycles. The van der Waals surface area contributed by atoms with E-state index in [0.29, 0.717) is 6.54 Å². The van der Waals surface area contributed by atoms with Gasteiger partial charge in [0.25, 0.3) is 8.41 Å². The highest BCUT2D eigenvalue weighted by Crippen LogP contribution is 2.51. The van der Waals surface area contributed by atoms with Crippen LogP contribution in [0.3, 0.4) is 0 Å². The summed E-state index contributed by atoms with van der Waals surface area (Å²) in [7, 11) is -3.19. The lowest BCUT2D eigenvalue weighted by Crippen LogP contribution is -2.57. The zero-order valence-electron chi connectivity index (χ0n) is 13.2. The summed E-state index contributed by atoms with van der Waals surface area (Å²) < 4.78 is 16.0. The Morgan fingerprint density at radius 1 is 1.05 bits per heavy atom. The highest BCUT2D eigenvalue weighted by Gasteiger charge is 2.56. The molecule has 0 spiro atoms. The zero-order chi connectivity index (χ0) is 15.6. The first-order valence-electron chi connectivity index (χ1n) is 6.83. The Balaban J connectivity index is 3.27. The number of hydrogen-bond acceptors (Lipinski definition) is 1. The Labute approximate surface area is 122 Å². The summed E-state index contributed by atoms with van der Waals surface area (Å²) in [5, 5.41) is 3.58. The number of hydrogen-bond donors (Lipinski definition) is 0. The van der Waals surface area contributed by atoms with Crippen molar-refractivity contribution in [1.29, 1.82) is 0 Å². The minimum absolute atomic E-state index is 0.308. The van der Waals surface area contributed by atoms with Crippen LogP contribution in [0.2, 0.25) is 10.1 Å². The van der Waals surface area contributed by atoms with Crippen LogP contribution in [-0.4, -0.2) is 8.41 Å². The molecule has 0 radical (unpaired) electrons. The SMILES string of the molecule is CC(C)(C)[Si](F)(c1ccc(CN=[N+]=[N-])cc1)C(C)(C)C. The highest BCUT2D eigenvalue weighted by atomic mass is 28.4. The van der Waals surface area contributed by atoms with E-state index in [4.69, 9.17) is 5.53 Å². The van der Waals surface area contributed by atoms with Gasteiger partial charge in [-0.1, -0.05) is 70.9 Å². The molecule has 0 aliphatic carbocycles. The van der Waals surface area contributed by atoms with Gasteiger partial charge in [0.1, 0.15) is 0 Å². The third-order valence-electron chi connectivity index (χ3n) is 3.74. The average Bonchev–Trinajstić information content (AvgIpc) is 2.33. The molecular formula is C15H24FN3Si. The van der Waals surface area contributed by atoms with Crippen molar-refractivity contribution < 1.29 is 4.11 Å². The fourth-order valence-electron chi connectivity index (χ4n) is 2.94. The Morgan fingerprint density at radius 2 is 1.50 bits per heavy atom. The lowest BCUT2D eigenvalue weighted by molar-refractivity contribution is 0.535. The summed E-state index contributed by atoms with van der Waals surface area (Å²) in [6, 6.07) is 7.46. The number of nitrogens with zero attached hydrogens (tertiary/aromatic N) is 3. The van der Waals surface area contributed by atoms with Gasteiger partial charge in [-0.15, -0.1) is 0 Å². The number of azide groups is 1. The van der Waals surface area contributed by atoms with Crippen molar-refractivity contribution in [3.05, 3.63) is 40.3 Å². The second kappa shape index (κ2) is 5.58. The van der Waals surface area contributed by atoms with Gasteiger partial charge >= 0.3 is 0 Å². The molecule has 0 atom stereocenters. The van der Waals surface area contributed by atoms with Crippen LogP contribution in [0.4, 0.5) is 4.11 Å². The lowest BCUT2D eigenvalue weighted by atomic mass is 10.2. The Kier molecular flexibility index (Phi) is 4.67. The minimum Gasteiger partial charge on any atom is -0.307 e. The molecule has 0 N–H and O–H groups in total. The molecule has 0 unspecified atom stereocenters. The molecular weight excluding hydrogens is 269 g/mol. The van der Waals surface area contributed by atoms with Crippen molar-refractivity contribution in [2.24, 2.45) is 5.11 Å². The summed E-state index contributed by atoms with van der Waals surface area (Å²) in [6.45, 7) is 12.2. The van der Waals surface area contributed by atoms with Crippen molar-refractivity contribution in [3.8, 4) is 0 Å². The van der Waals surface area contributed by atoms with Gasteiger partial charge in [0.15, 0.2) is 0 Å². The molecule has 1 rings (SSSR count). The van der Waals surface area contributed by atoms with Crippen LogP contribution in [0.25, 0.3) is 10.4 Å². The Morgan fingerprint density at radius 3 is 1.85 bits per heavy atom. The highest BCUT2D eigenvalue weighted by molar-refractivity contribution is 6.90. The van der Waals surface area contributed by atoms with E-state index in [2.05, 4.69) is 10.0 Å². The first-order valence-corrected chi connectivity index (χ1v) is 8.71. The fraction of sp³-hybridized carbons (Fsp3) is 0.600. The molecule has 1 aromatic rings. The van der Waals surface area contributed by atoms with Crippen molar-refractivity contribution in [2.45, 2.75) is 58.2 Å². The normalized spacial score (nSPS) is 12.9. The molecule has 3 nitrogen and oxygen atoms in total. The van der Waals surface area contributed by atoms with Gasteiger partial charge in [0.2, 0.25) is 0 Å². The van der Waals surface area contributed by atoms with Gasteiger partial charge in [0, 0.05) is 4.91 Å². The molecule has 0 heterocycles. The maximum atomic E-state index is 16.0. The molecule has 20 heavy (non-hydrogen) atoms. The van der Waals surface area contributed by atoms with Gasteiger partial charge in [-0.05, 0) is 26.4 Å². The van der Waals surface area contributed by atoms with Crippen LogP contribution in [0.5, 0.6) is 0 Å². The molecule has 0 saturated heterocycles. The summed E-state index contributed by atoms with van der Waals surface area (Å²) in [5.41, 5.74) is 9.24. The maximum Gasteiger partial charge on any atom is 0.288 e. The van der Waals surface area contributed by atoms with E-state index < -0.39 is 8.41 Å². The van der Waals surface area contributed by atoms with Crippen LogP contribution < -0.4 is 5.19 Å². The summed E-state index contributed by atoms with van der Waals surface area (Å²) >= 11 is 0. The van der Waals surface area contributed by atoms with Crippen LogP contribution in [0, 0.1) is 0 Å². The standard InChI is InChI=1S/C15H24FN3Si/c1-14(2,3)20(16,15(4,5)6)13-9-7-12(8-10-13)11-18-19-17/h7-10H,11H2,1-6H3. The summed E-state index contributed by atoms with van der Waals surface area (Å²) in [4.78, 5) is 2.74. The van der Waals surface area contributed by atoms with Crippen molar-refractivity contribution >= 4 is 13.6 Å². The average molecular weight is 293 g/mol. The first kappa shape index (κ1) is 16.7. The first-order chi connectivity index (χ1) is 9.04. The van der Waals surface area contributed by atoms with Gasteiger partial charge in [-0.2, -0.15) is 0 Å². The van der Waals surface area contributed by atoms with E-state index in [-0.39, 0.29) is 10.1 Å². The van der Waals surface area contributed by atoms with Gasteiger partial charge < -0.3 is 4.11 Å². The maximum absolute atomic E-state index is 16.0. The molecule has 0 amide bonds. The smallest absolute Gasteiger partial charge is 0.288 e. The number of benzene rings is 1. The number of rotatable bonds is 3. The lowest BCUT2D eigenvalue weighted by Gasteiger charge is -2.44. The van der Waals surface area contributed by atoms with Crippen LogP contribution in [0.15, 0.2) is 29.4 Å². The molecule has 1 aromatic carbocycles. The predicted octanol–water partition coefficient (Wildman–Crippen LogP) is 5.22.